The summed E-state index contributed by atoms with van der Waals surface area (Å²) in [4.78, 5) is 0. The van der Waals surface area contributed by atoms with E-state index in [0.717, 1.165) is 5.56 Å². The van der Waals surface area contributed by atoms with Gasteiger partial charge in [0, 0.05) is 5.41 Å². The molecule has 0 fully saturated rings. The predicted octanol–water partition coefficient (Wildman–Crippen LogP) is 4.76. The van der Waals surface area contributed by atoms with Gasteiger partial charge >= 0.3 is 0 Å². The van der Waals surface area contributed by atoms with Gasteiger partial charge in [0.05, 0.1) is 5.60 Å². The Morgan fingerprint density at radius 2 is 1.32 bits per heavy atom. The molecule has 1 aliphatic carbocycles. The first-order valence-electron chi connectivity index (χ1n) is 7.83. The molecule has 2 atom stereocenters. The van der Waals surface area contributed by atoms with Crippen LogP contribution in [0, 0.1) is 0 Å². The normalized spacial score (nSPS) is 27.0. The molecular formula is C21H20O. The molecule has 1 nitrogen and oxygen atoms in total. The maximum atomic E-state index is 10.9. The van der Waals surface area contributed by atoms with Crippen LogP contribution in [0.1, 0.15) is 37.0 Å². The number of hydrogen-bond acceptors (Lipinski definition) is 1. The fourth-order valence-corrected chi connectivity index (χ4v) is 4.26. The number of aliphatic hydroxyl groups is 1. The Balaban J connectivity index is 2.03. The van der Waals surface area contributed by atoms with E-state index in [2.05, 4.69) is 67.6 Å². The summed E-state index contributed by atoms with van der Waals surface area (Å²) in [5.74, 6) is 0. The molecule has 1 N–H and O–H groups in total. The maximum Gasteiger partial charge on any atom is 0.0883 e. The highest BCUT2D eigenvalue weighted by molar-refractivity contribution is 5.87. The lowest BCUT2D eigenvalue weighted by Gasteiger charge is -2.29. The monoisotopic (exact) mass is 288 g/mol. The van der Waals surface area contributed by atoms with Gasteiger partial charge in [-0.2, -0.15) is 0 Å². The predicted molar refractivity (Wildman–Crippen MR) is 91.0 cm³/mol. The summed E-state index contributed by atoms with van der Waals surface area (Å²) in [5, 5.41) is 13.4. The van der Waals surface area contributed by atoms with E-state index in [1.165, 1.54) is 21.9 Å². The van der Waals surface area contributed by atoms with Crippen molar-refractivity contribution in [2.24, 2.45) is 0 Å². The van der Waals surface area contributed by atoms with Gasteiger partial charge in [-0.25, -0.2) is 0 Å². The zero-order valence-electron chi connectivity index (χ0n) is 13.0. The van der Waals surface area contributed by atoms with E-state index >= 15 is 0 Å². The molecule has 0 saturated heterocycles. The van der Waals surface area contributed by atoms with Crippen molar-refractivity contribution >= 4 is 10.8 Å². The molecule has 2 unspecified atom stereocenters. The Morgan fingerprint density at radius 1 is 0.727 bits per heavy atom. The van der Waals surface area contributed by atoms with E-state index in [1.807, 2.05) is 13.0 Å². The van der Waals surface area contributed by atoms with E-state index in [1.54, 1.807) is 0 Å². The highest BCUT2D eigenvalue weighted by Crippen LogP contribution is 2.52. The fourth-order valence-electron chi connectivity index (χ4n) is 4.26. The highest BCUT2D eigenvalue weighted by atomic mass is 16.3. The summed E-state index contributed by atoms with van der Waals surface area (Å²) in [7, 11) is 0. The SMILES string of the molecule is CC1(O)CC(C)(c2cccc3ccccc23)c2ccccc21. The highest BCUT2D eigenvalue weighted by Gasteiger charge is 2.47. The minimum absolute atomic E-state index is 0.166. The van der Waals surface area contributed by atoms with Crippen LogP contribution in [0.5, 0.6) is 0 Å². The third-order valence-corrected chi connectivity index (χ3v) is 5.18. The van der Waals surface area contributed by atoms with E-state index in [0.29, 0.717) is 6.42 Å². The molecule has 0 bridgehead atoms. The van der Waals surface area contributed by atoms with Crippen LogP contribution in [0.4, 0.5) is 0 Å². The number of rotatable bonds is 1. The molecule has 1 aliphatic rings. The molecular weight excluding hydrogens is 268 g/mol. The lowest BCUT2D eigenvalue weighted by Crippen LogP contribution is -2.25. The van der Waals surface area contributed by atoms with Crippen LogP contribution in [0.3, 0.4) is 0 Å². The van der Waals surface area contributed by atoms with Gasteiger partial charge in [0.2, 0.25) is 0 Å². The summed E-state index contributed by atoms with van der Waals surface area (Å²) in [6.07, 6.45) is 0.716. The topological polar surface area (TPSA) is 20.2 Å². The Morgan fingerprint density at radius 3 is 2.14 bits per heavy atom. The van der Waals surface area contributed by atoms with Crippen LogP contribution in [-0.4, -0.2) is 5.11 Å². The van der Waals surface area contributed by atoms with Crippen molar-refractivity contribution in [1.82, 2.24) is 0 Å². The van der Waals surface area contributed by atoms with E-state index in [9.17, 15) is 5.11 Å². The van der Waals surface area contributed by atoms with Gasteiger partial charge < -0.3 is 5.11 Å². The summed E-state index contributed by atoms with van der Waals surface area (Å²) >= 11 is 0. The maximum absolute atomic E-state index is 10.9. The molecule has 110 valence electrons. The van der Waals surface area contributed by atoms with E-state index in [4.69, 9.17) is 0 Å². The van der Waals surface area contributed by atoms with E-state index in [-0.39, 0.29) is 5.41 Å². The van der Waals surface area contributed by atoms with Crippen molar-refractivity contribution in [3.8, 4) is 0 Å². The zero-order chi connectivity index (χ0) is 15.4. The van der Waals surface area contributed by atoms with Gasteiger partial charge in [-0.3, -0.25) is 0 Å². The average molecular weight is 288 g/mol. The van der Waals surface area contributed by atoms with Crippen molar-refractivity contribution in [1.29, 1.82) is 0 Å². The number of benzene rings is 3. The average Bonchev–Trinajstić information content (AvgIpc) is 2.75. The number of fused-ring (bicyclic) bond motifs is 2. The summed E-state index contributed by atoms with van der Waals surface area (Å²) in [6, 6.07) is 23.3. The molecule has 0 saturated carbocycles. The first kappa shape index (κ1) is 13.5. The van der Waals surface area contributed by atoms with Crippen molar-refractivity contribution < 1.29 is 5.11 Å². The van der Waals surface area contributed by atoms with Gasteiger partial charge in [0.15, 0.2) is 0 Å². The molecule has 22 heavy (non-hydrogen) atoms. The van der Waals surface area contributed by atoms with Gasteiger partial charge in [-0.15, -0.1) is 0 Å². The second kappa shape index (κ2) is 4.44. The van der Waals surface area contributed by atoms with Crippen LogP contribution < -0.4 is 0 Å². The molecule has 3 aromatic carbocycles. The van der Waals surface area contributed by atoms with Crippen molar-refractivity contribution in [3.05, 3.63) is 83.4 Å². The first-order chi connectivity index (χ1) is 10.5. The first-order valence-corrected chi connectivity index (χ1v) is 7.83. The van der Waals surface area contributed by atoms with Crippen LogP contribution in [0.2, 0.25) is 0 Å². The van der Waals surface area contributed by atoms with Gasteiger partial charge in [-0.05, 0) is 40.8 Å². The Hall–Kier alpha value is -2.12. The minimum atomic E-state index is -0.776. The standard InChI is InChI=1S/C21H20O/c1-20(14-21(2,22)19-12-6-5-11-18(19)20)17-13-7-9-15-8-3-4-10-16(15)17/h3-13,22H,14H2,1-2H3. The summed E-state index contributed by atoms with van der Waals surface area (Å²) < 4.78 is 0. The minimum Gasteiger partial charge on any atom is -0.385 e. The molecule has 0 amide bonds. The van der Waals surface area contributed by atoms with Crippen LogP contribution in [0.15, 0.2) is 66.7 Å². The third-order valence-electron chi connectivity index (χ3n) is 5.18. The van der Waals surface area contributed by atoms with Crippen LogP contribution >= 0.6 is 0 Å². The largest absolute Gasteiger partial charge is 0.385 e. The fraction of sp³-hybridized carbons (Fsp3) is 0.238. The molecule has 0 aliphatic heterocycles. The second-order valence-electron chi connectivity index (χ2n) is 6.86. The van der Waals surface area contributed by atoms with Gasteiger partial charge in [0.25, 0.3) is 0 Å². The van der Waals surface area contributed by atoms with Gasteiger partial charge in [-0.1, -0.05) is 73.7 Å². The van der Waals surface area contributed by atoms with Crippen LogP contribution in [0.25, 0.3) is 10.8 Å². The lowest BCUT2D eigenvalue weighted by atomic mass is 9.75. The zero-order valence-corrected chi connectivity index (χ0v) is 13.0. The Bertz CT molecular complexity index is 857. The molecule has 3 aromatic rings. The smallest absolute Gasteiger partial charge is 0.0883 e. The molecule has 0 heterocycles. The quantitative estimate of drug-likeness (QED) is 0.684. The third kappa shape index (κ3) is 1.75. The van der Waals surface area contributed by atoms with Crippen LogP contribution in [-0.2, 0) is 11.0 Å². The summed E-state index contributed by atoms with van der Waals surface area (Å²) in [5.41, 5.74) is 2.67. The Kier molecular flexibility index (Phi) is 2.73. The molecule has 4 rings (SSSR count). The lowest BCUT2D eigenvalue weighted by molar-refractivity contribution is 0.0480. The molecule has 0 spiro atoms. The Labute approximate surface area is 131 Å². The van der Waals surface area contributed by atoms with Gasteiger partial charge in [0.1, 0.15) is 0 Å². The summed E-state index contributed by atoms with van der Waals surface area (Å²) in [6.45, 7) is 4.19. The molecule has 1 heteroatoms. The molecule has 0 aromatic heterocycles. The van der Waals surface area contributed by atoms with Crippen molar-refractivity contribution in [2.45, 2.75) is 31.3 Å². The molecule has 0 radical (unpaired) electrons. The second-order valence-corrected chi connectivity index (χ2v) is 6.86. The van der Waals surface area contributed by atoms with E-state index < -0.39 is 5.60 Å². The van der Waals surface area contributed by atoms with Crippen molar-refractivity contribution in [2.75, 3.05) is 0 Å². The van der Waals surface area contributed by atoms with Crippen molar-refractivity contribution in [3.63, 3.8) is 0 Å². The number of hydrogen-bond donors (Lipinski definition) is 1.